The third kappa shape index (κ3) is 2.22. The predicted octanol–water partition coefficient (Wildman–Crippen LogP) is 2.33. The van der Waals surface area contributed by atoms with E-state index in [9.17, 15) is 13.6 Å². The zero-order chi connectivity index (χ0) is 12.6. The quantitative estimate of drug-likeness (QED) is 0.826. The van der Waals surface area contributed by atoms with Crippen LogP contribution in [0.25, 0.3) is 11.4 Å². The molecule has 0 radical (unpaired) electrons. The number of aromatic nitrogens is 2. The molecule has 0 amide bonds. The van der Waals surface area contributed by atoms with Gasteiger partial charge in [0.25, 0.3) is 5.56 Å². The SMILES string of the molecule is Cc1nc(-c2cc(F)cc(F)c2)[nH]c(=O)c1C. The summed E-state index contributed by atoms with van der Waals surface area (Å²) in [5.41, 5.74) is 0.930. The molecule has 0 atom stereocenters. The first-order valence-corrected chi connectivity index (χ1v) is 5.01. The van der Waals surface area contributed by atoms with Crippen molar-refractivity contribution in [3.8, 4) is 11.4 Å². The zero-order valence-electron chi connectivity index (χ0n) is 9.34. The van der Waals surface area contributed by atoms with E-state index < -0.39 is 11.6 Å². The van der Waals surface area contributed by atoms with Gasteiger partial charge in [0.15, 0.2) is 0 Å². The number of benzene rings is 1. The molecule has 3 nitrogen and oxygen atoms in total. The summed E-state index contributed by atoms with van der Waals surface area (Å²) in [7, 11) is 0. The highest BCUT2D eigenvalue weighted by molar-refractivity contribution is 5.55. The molecule has 0 fully saturated rings. The number of hydrogen-bond acceptors (Lipinski definition) is 2. The van der Waals surface area contributed by atoms with Crippen LogP contribution < -0.4 is 5.56 Å². The number of rotatable bonds is 1. The van der Waals surface area contributed by atoms with Gasteiger partial charge in [0.1, 0.15) is 17.5 Å². The van der Waals surface area contributed by atoms with Gasteiger partial charge >= 0.3 is 0 Å². The van der Waals surface area contributed by atoms with E-state index in [0.29, 0.717) is 11.3 Å². The maximum Gasteiger partial charge on any atom is 0.254 e. The third-order valence-electron chi connectivity index (χ3n) is 2.53. The highest BCUT2D eigenvalue weighted by atomic mass is 19.1. The van der Waals surface area contributed by atoms with Crippen molar-refractivity contribution >= 4 is 0 Å². The molecule has 0 aliphatic rings. The van der Waals surface area contributed by atoms with E-state index in [1.165, 1.54) is 0 Å². The molecule has 1 N–H and O–H groups in total. The lowest BCUT2D eigenvalue weighted by Gasteiger charge is -2.04. The highest BCUT2D eigenvalue weighted by Crippen LogP contribution is 2.17. The molecule has 0 spiro atoms. The van der Waals surface area contributed by atoms with E-state index in [1.54, 1.807) is 13.8 Å². The van der Waals surface area contributed by atoms with Crippen LogP contribution in [0.2, 0.25) is 0 Å². The molecule has 0 bridgehead atoms. The number of H-pyrrole nitrogens is 1. The molecule has 1 aromatic heterocycles. The molecule has 2 rings (SSSR count). The minimum atomic E-state index is -0.708. The summed E-state index contributed by atoms with van der Waals surface area (Å²) < 4.78 is 26.1. The van der Waals surface area contributed by atoms with Crippen molar-refractivity contribution in [3.63, 3.8) is 0 Å². The largest absolute Gasteiger partial charge is 0.306 e. The molecule has 0 aliphatic carbocycles. The van der Waals surface area contributed by atoms with Gasteiger partial charge in [-0.2, -0.15) is 0 Å². The Kier molecular flexibility index (Phi) is 2.75. The maximum atomic E-state index is 13.0. The summed E-state index contributed by atoms with van der Waals surface area (Å²) in [6.07, 6.45) is 0. The van der Waals surface area contributed by atoms with Crippen LogP contribution in [-0.4, -0.2) is 9.97 Å². The van der Waals surface area contributed by atoms with Crippen molar-refractivity contribution in [1.82, 2.24) is 9.97 Å². The third-order valence-corrected chi connectivity index (χ3v) is 2.53. The van der Waals surface area contributed by atoms with Gasteiger partial charge in [0.2, 0.25) is 0 Å². The maximum absolute atomic E-state index is 13.0. The second kappa shape index (κ2) is 4.08. The normalized spacial score (nSPS) is 10.6. The van der Waals surface area contributed by atoms with Crippen LogP contribution in [0.4, 0.5) is 8.78 Å². The minimum Gasteiger partial charge on any atom is -0.306 e. The molecule has 5 heteroatoms. The molecule has 17 heavy (non-hydrogen) atoms. The van der Waals surface area contributed by atoms with Gasteiger partial charge in [-0.05, 0) is 26.0 Å². The van der Waals surface area contributed by atoms with Gasteiger partial charge in [-0.25, -0.2) is 13.8 Å². The lowest BCUT2D eigenvalue weighted by Crippen LogP contribution is -2.14. The second-order valence-corrected chi connectivity index (χ2v) is 3.78. The lowest BCUT2D eigenvalue weighted by atomic mass is 10.2. The molecule has 1 aromatic carbocycles. The first-order chi connectivity index (χ1) is 7.97. The summed E-state index contributed by atoms with van der Waals surface area (Å²) >= 11 is 0. The summed E-state index contributed by atoms with van der Waals surface area (Å²) in [6, 6.07) is 3.01. The molecule has 1 heterocycles. The first kappa shape index (κ1) is 11.4. The number of nitrogens with zero attached hydrogens (tertiary/aromatic N) is 1. The summed E-state index contributed by atoms with van der Waals surface area (Å²) in [5, 5.41) is 0. The number of hydrogen-bond donors (Lipinski definition) is 1. The van der Waals surface area contributed by atoms with Gasteiger partial charge < -0.3 is 4.98 Å². The first-order valence-electron chi connectivity index (χ1n) is 5.01. The Balaban J connectivity index is 2.65. The summed E-state index contributed by atoms with van der Waals surface area (Å²) in [6.45, 7) is 3.31. The van der Waals surface area contributed by atoms with Gasteiger partial charge in [-0.3, -0.25) is 4.79 Å². The lowest BCUT2D eigenvalue weighted by molar-refractivity contribution is 0.584. The van der Waals surface area contributed by atoms with Crippen molar-refractivity contribution in [2.45, 2.75) is 13.8 Å². The van der Waals surface area contributed by atoms with Crippen LogP contribution in [-0.2, 0) is 0 Å². The fraction of sp³-hybridized carbons (Fsp3) is 0.167. The van der Waals surface area contributed by atoms with E-state index in [4.69, 9.17) is 0 Å². The molecule has 0 unspecified atom stereocenters. The van der Waals surface area contributed by atoms with E-state index in [2.05, 4.69) is 9.97 Å². The van der Waals surface area contributed by atoms with Crippen molar-refractivity contribution in [2.75, 3.05) is 0 Å². The molecule has 0 aliphatic heterocycles. The van der Waals surface area contributed by atoms with Crippen molar-refractivity contribution in [3.05, 3.63) is 51.4 Å². The molecule has 0 saturated heterocycles. The van der Waals surface area contributed by atoms with Crippen LogP contribution in [0.1, 0.15) is 11.3 Å². The Morgan fingerprint density at radius 3 is 2.24 bits per heavy atom. The Bertz CT molecular complexity index is 615. The van der Waals surface area contributed by atoms with Crippen LogP contribution >= 0.6 is 0 Å². The summed E-state index contributed by atoms with van der Waals surface area (Å²) in [4.78, 5) is 18.1. The van der Waals surface area contributed by atoms with Gasteiger partial charge in [0, 0.05) is 22.9 Å². The Labute approximate surface area is 96.2 Å². The number of aromatic amines is 1. The van der Waals surface area contributed by atoms with Crippen molar-refractivity contribution in [1.29, 1.82) is 0 Å². The minimum absolute atomic E-state index is 0.163. The average molecular weight is 236 g/mol. The molecule has 2 aromatic rings. The topological polar surface area (TPSA) is 45.8 Å². The fourth-order valence-electron chi connectivity index (χ4n) is 1.47. The second-order valence-electron chi connectivity index (χ2n) is 3.78. The van der Waals surface area contributed by atoms with Crippen LogP contribution in [0.15, 0.2) is 23.0 Å². The van der Waals surface area contributed by atoms with E-state index in [-0.39, 0.29) is 16.9 Å². The molecule has 0 saturated carbocycles. The molecule has 88 valence electrons. The van der Waals surface area contributed by atoms with Crippen LogP contribution in [0.5, 0.6) is 0 Å². The smallest absolute Gasteiger partial charge is 0.254 e. The van der Waals surface area contributed by atoms with Gasteiger partial charge in [-0.15, -0.1) is 0 Å². The number of halogens is 2. The van der Waals surface area contributed by atoms with E-state index in [0.717, 1.165) is 18.2 Å². The van der Waals surface area contributed by atoms with Gasteiger partial charge in [-0.1, -0.05) is 0 Å². The monoisotopic (exact) mass is 236 g/mol. The molecular formula is C12H10F2N2O. The van der Waals surface area contributed by atoms with Crippen LogP contribution in [0, 0.1) is 25.5 Å². The van der Waals surface area contributed by atoms with Crippen LogP contribution in [0.3, 0.4) is 0 Å². The Hall–Kier alpha value is -2.04. The number of aryl methyl sites for hydroxylation is 1. The predicted molar refractivity (Wildman–Crippen MR) is 59.7 cm³/mol. The van der Waals surface area contributed by atoms with E-state index in [1.807, 2.05) is 0 Å². The number of nitrogens with one attached hydrogen (secondary N) is 1. The molecular weight excluding hydrogens is 226 g/mol. The van der Waals surface area contributed by atoms with Crippen molar-refractivity contribution < 1.29 is 8.78 Å². The van der Waals surface area contributed by atoms with Crippen molar-refractivity contribution in [2.24, 2.45) is 0 Å². The Morgan fingerprint density at radius 1 is 1.12 bits per heavy atom. The standard InChI is InChI=1S/C12H10F2N2O/c1-6-7(2)15-11(16-12(6)17)8-3-9(13)5-10(14)4-8/h3-5H,1-2H3,(H,15,16,17). The highest BCUT2D eigenvalue weighted by Gasteiger charge is 2.08. The zero-order valence-corrected chi connectivity index (χ0v) is 9.34. The summed E-state index contributed by atoms with van der Waals surface area (Å²) in [5.74, 6) is -1.25. The average Bonchev–Trinajstić information content (AvgIpc) is 2.23. The Morgan fingerprint density at radius 2 is 1.71 bits per heavy atom. The fourth-order valence-corrected chi connectivity index (χ4v) is 1.47. The van der Waals surface area contributed by atoms with Gasteiger partial charge in [0.05, 0.1) is 0 Å². The van der Waals surface area contributed by atoms with E-state index >= 15 is 0 Å².